The van der Waals surface area contributed by atoms with Crippen LogP contribution >= 0.6 is 0 Å². The first-order valence-electron chi connectivity index (χ1n) is 5.22. The molecule has 2 aromatic heterocycles. The second-order valence-corrected chi connectivity index (χ2v) is 3.67. The SMILES string of the molecule is F[B-](F)(F)c1cncc(OCc2ccncc2)c1.[K+]. The van der Waals surface area contributed by atoms with E-state index in [1.807, 2.05) is 0 Å². The first-order valence-corrected chi connectivity index (χ1v) is 5.22. The molecule has 0 spiro atoms. The molecule has 0 aliphatic rings. The molecule has 2 aromatic rings. The van der Waals surface area contributed by atoms with Crippen molar-refractivity contribution < 1.29 is 69.1 Å². The summed E-state index contributed by atoms with van der Waals surface area (Å²) in [6.07, 6.45) is 5.23. The van der Waals surface area contributed by atoms with E-state index in [-0.39, 0.29) is 63.7 Å². The molecule has 0 fully saturated rings. The number of hydrogen-bond donors (Lipinski definition) is 0. The standard InChI is InChI=1S/C11H9BF3N2O.K/c13-12(14,15)10-5-11(7-17-6-10)18-8-9-1-3-16-4-2-9;/h1-7H,8H2;/q-1;+1. The molecule has 0 bridgehead atoms. The first-order chi connectivity index (χ1) is 8.55. The Labute approximate surface area is 151 Å². The fourth-order valence-corrected chi connectivity index (χ4v) is 1.34. The van der Waals surface area contributed by atoms with Gasteiger partial charge in [0, 0.05) is 18.6 Å². The van der Waals surface area contributed by atoms with Crippen molar-refractivity contribution in [2.45, 2.75) is 6.61 Å². The van der Waals surface area contributed by atoms with Gasteiger partial charge in [0.05, 0.1) is 6.20 Å². The molecule has 2 rings (SSSR count). The van der Waals surface area contributed by atoms with Gasteiger partial charge in [-0.2, -0.15) is 0 Å². The number of pyridine rings is 2. The molecule has 8 heteroatoms. The topological polar surface area (TPSA) is 35.0 Å². The molecule has 0 saturated carbocycles. The van der Waals surface area contributed by atoms with E-state index in [2.05, 4.69) is 9.97 Å². The molecule has 0 aromatic carbocycles. The van der Waals surface area contributed by atoms with Crippen LogP contribution in [0.25, 0.3) is 0 Å². The van der Waals surface area contributed by atoms with Crippen molar-refractivity contribution >= 4 is 12.4 Å². The molecule has 0 radical (unpaired) electrons. The van der Waals surface area contributed by atoms with Crippen LogP contribution in [0.1, 0.15) is 5.56 Å². The van der Waals surface area contributed by atoms with Crippen molar-refractivity contribution in [1.29, 1.82) is 0 Å². The van der Waals surface area contributed by atoms with Gasteiger partial charge in [-0.1, -0.05) is 5.46 Å². The largest absolute Gasteiger partial charge is 1.00 e. The van der Waals surface area contributed by atoms with Crippen LogP contribution in [0.2, 0.25) is 0 Å². The normalized spacial score (nSPS) is 10.7. The molecule has 0 amide bonds. The summed E-state index contributed by atoms with van der Waals surface area (Å²) in [4.78, 5) is 7.35. The van der Waals surface area contributed by atoms with E-state index >= 15 is 0 Å². The third kappa shape index (κ3) is 5.23. The molecule has 19 heavy (non-hydrogen) atoms. The van der Waals surface area contributed by atoms with Gasteiger partial charge >= 0.3 is 58.4 Å². The first kappa shape index (κ1) is 16.6. The van der Waals surface area contributed by atoms with Crippen molar-refractivity contribution in [2.24, 2.45) is 0 Å². The number of hydrogen-bond acceptors (Lipinski definition) is 3. The van der Waals surface area contributed by atoms with Crippen LogP contribution in [-0.4, -0.2) is 16.9 Å². The summed E-state index contributed by atoms with van der Waals surface area (Å²) in [6.45, 7) is -4.87. The fourth-order valence-electron chi connectivity index (χ4n) is 1.34. The Morgan fingerprint density at radius 1 is 1.05 bits per heavy atom. The quantitative estimate of drug-likeness (QED) is 0.686. The second-order valence-electron chi connectivity index (χ2n) is 3.67. The van der Waals surface area contributed by atoms with Crippen molar-refractivity contribution in [3.05, 3.63) is 48.5 Å². The van der Waals surface area contributed by atoms with E-state index in [9.17, 15) is 12.9 Å². The zero-order chi connectivity index (χ0) is 13.0. The van der Waals surface area contributed by atoms with E-state index in [4.69, 9.17) is 4.74 Å². The molecular weight excluding hydrogens is 283 g/mol. The number of rotatable bonds is 4. The predicted octanol–water partition coefficient (Wildman–Crippen LogP) is -0.886. The summed E-state index contributed by atoms with van der Waals surface area (Å²) in [5.74, 6) is 0.100. The molecule has 0 atom stereocenters. The second kappa shape index (κ2) is 7.39. The van der Waals surface area contributed by atoms with Gasteiger partial charge in [0.1, 0.15) is 12.4 Å². The number of aromatic nitrogens is 2. The molecule has 0 unspecified atom stereocenters. The number of ether oxygens (including phenoxy) is 1. The smallest absolute Gasteiger partial charge is 0.487 e. The van der Waals surface area contributed by atoms with Crippen LogP contribution in [0.15, 0.2) is 43.0 Å². The Kier molecular flexibility index (Phi) is 6.48. The summed E-state index contributed by atoms with van der Waals surface area (Å²) in [7, 11) is 0. The Morgan fingerprint density at radius 2 is 1.74 bits per heavy atom. The maximum atomic E-state index is 12.5. The number of nitrogens with zero attached hydrogens (tertiary/aromatic N) is 2. The molecular formula is C11H9BF3KN2O. The maximum Gasteiger partial charge on any atom is 1.00 e. The van der Waals surface area contributed by atoms with Gasteiger partial charge < -0.3 is 17.7 Å². The third-order valence-corrected chi connectivity index (χ3v) is 2.27. The van der Waals surface area contributed by atoms with E-state index in [0.717, 1.165) is 17.8 Å². The van der Waals surface area contributed by atoms with Crippen LogP contribution in [0.4, 0.5) is 12.9 Å². The van der Waals surface area contributed by atoms with Gasteiger partial charge in [0.15, 0.2) is 0 Å². The fraction of sp³-hybridized carbons (Fsp3) is 0.0909. The molecule has 0 saturated heterocycles. The zero-order valence-electron chi connectivity index (χ0n) is 10.3. The zero-order valence-corrected chi connectivity index (χ0v) is 13.4. The molecule has 94 valence electrons. The minimum atomic E-state index is -5.05. The van der Waals surface area contributed by atoms with Crippen molar-refractivity contribution in [1.82, 2.24) is 9.97 Å². The summed E-state index contributed by atoms with van der Waals surface area (Å²) in [6, 6.07) is 4.41. The third-order valence-electron chi connectivity index (χ3n) is 2.27. The van der Waals surface area contributed by atoms with Crippen molar-refractivity contribution in [3.63, 3.8) is 0 Å². The summed E-state index contributed by atoms with van der Waals surface area (Å²) in [5, 5.41) is 0. The Morgan fingerprint density at radius 3 is 2.37 bits per heavy atom. The van der Waals surface area contributed by atoms with Gasteiger partial charge in [0.2, 0.25) is 0 Å². The van der Waals surface area contributed by atoms with Crippen molar-refractivity contribution in [3.8, 4) is 5.75 Å². The van der Waals surface area contributed by atoms with Crippen LogP contribution in [0.3, 0.4) is 0 Å². The Hall–Kier alpha value is -0.409. The molecule has 3 nitrogen and oxygen atoms in total. The minimum absolute atomic E-state index is 0. The summed E-state index contributed by atoms with van der Waals surface area (Å²) < 4.78 is 42.7. The van der Waals surface area contributed by atoms with Gasteiger partial charge in [-0.15, -0.1) is 0 Å². The predicted molar refractivity (Wildman–Crippen MR) is 61.5 cm³/mol. The molecule has 0 aliphatic carbocycles. The van der Waals surface area contributed by atoms with E-state index in [1.165, 1.54) is 6.20 Å². The van der Waals surface area contributed by atoms with Gasteiger partial charge in [0.25, 0.3) is 0 Å². The van der Waals surface area contributed by atoms with Crippen molar-refractivity contribution in [2.75, 3.05) is 0 Å². The maximum absolute atomic E-state index is 12.5. The molecule has 0 N–H and O–H groups in total. The van der Waals surface area contributed by atoms with Crippen LogP contribution in [0.5, 0.6) is 5.75 Å². The van der Waals surface area contributed by atoms with Crippen LogP contribution in [0, 0.1) is 0 Å². The van der Waals surface area contributed by atoms with E-state index < -0.39 is 12.4 Å². The number of halogens is 3. The van der Waals surface area contributed by atoms with Crippen LogP contribution in [-0.2, 0) is 6.61 Å². The Balaban J connectivity index is 0.00000180. The average molecular weight is 292 g/mol. The minimum Gasteiger partial charge on any atom is -0.487 e. The summed E-state index contributed by atoms with van der Waals surface area (Å²) in [5.41, 5.74) is 0.0650. The summed E-state index contributed by atoms with van der Waals surface area (Å²) >= 11 is 0. The van der Waals surface area contributed by atoms with Gasteiger partial charge in [-0.05, 0) is 23.8 Å². The van der Waals surface area contributed by atoms with Gasteiger partial charge in [-0.3, -0.25) is 9.97 Å². The average Bonchev–Trinajstić information content (AvgIpc) is 2.37. The molecule has 0 aliphatic heterocycles. The van der Waals surface area contributed by atoms with Gasteiger partial charge in [-0.25, -0.2) is 0 Å². The Bertz CT molecular complexity index is 525. The van der Waals surface area contributed by atoms with E-state index in [0.29, 0.717) is 0 Å². The molecule has 2 heterocycles. The monoisotopic (exact) mass is 292 g/mol. The van der Waals surface area contributed by atoms with E-state index in [1.54, 1.807) is 24.5 Å². The van der Waals surface area contributed by atoms with Crippen LogP contribution < -0.4 is 61.6 Å².